The lowest BCUT2D eigenvalue weighted by Gasteiger charge is -2.14. The Hall–Kier alpha value is -0.490. The van der Waals surface area contributed by atoms with E-state index in [-0.39, 0.29) is 21.9 Å². The van der Waals surface area contributed by atoms with Crippen LogP contribution in [0.2, 0.25) is 10.0 Å². The summed E-state index contributed by atoms with van der Waals surface area (Å²) in [6.45, 7) is 3.41. The molecule has 90 valence electrons. The van der Waals surface area contributed by atoms with Gasteiger partial charge in [-0.05, 0) is 26.0 Å². The first kappa shape index (κ1) is 13.6. The highest BCUT2D eigenvalue weighted by atomic mass is 35.5. The number of rotatable bonds is 3. The van der Waals surface area contributed by atoms with Gasteiger partial charge < -0.3 is 4.74 Å². The van der Waals surface area contributed by atoms with E-state index in [0.29, 0.717) is 0 Å². The minimum atomic E-state index is -4.42. The standard InChI is InChI=1S/C9H10Cl2O4S/c1-5(2)15-9-7(11)3-6(10)4-8(9)16(12,13)14/h3-5H,1-2H3,(H,12,13,14). The summed E-state index contributed by atoms with van der Waals surface area (Å²) in [7, 11) is -4.42. The zero-order valence-corrected chi connectivity index (χ0v) is 10.9. The highest BCUT2D eigenvalue weighted by Gasteiger charge is 2.21. The van der Waals surface area contributed by atoms with Gasteiger partial charge in [-0.15, -0.1) is 0 Å². The van der Waals surface area contributed by atoms with E-state index in [9.17, 15) is 8.42 Å². The van der Waals surface area contributed by atoms with Gasteiger partial charge in [-0.1, -0.05) is 23.2 Å². The lowest BCUT2D eigenvalue weighted by molar-refractivity contribution is 0.235. The molecule has 1 aromatic carbocycles. The van der Waals surface area contributed by atoms with Crippen LogP contribution in [0.4, 0.5) is 0 Å². The van der Waals surface area contributed by atoms with Crippen LogP contribution in [0.25, 0.3) is 0 Å². The second-order valence-corrected chi connectivity index (χ2v) is 5.59. The molecule has 1 aromatic rings. The molecule has 0 aromatic heterocycles. The molecular weight excluding hydrogens is 275 g/mol. The van der Waals surface area contributed by atoms with Crippen molar-refractivity contribution in [1.29, 1.82) is 0 Å². The minimum absolute atomic E-state index is 0.0359. The maximum Gasteiger partial charge on any atom is 0.298 e. The van der Waals surface area contributed by atoms with Crippen LogP contribution in [-0.2, 0) is 10.1 Å². The summed E-state index contributed by atoms with van der Waals surface area (Å²) >= 11 is 11.4. The Labute approximate surface area is 104 Å². The molecular formula is C9H10Cl2O4S. The summed E-state index contributed by atoms with van der Waals surface area (Å²) in [6.07, 6.45) is -0.279. The van der Waals surface area contributed by atoms with Crippen LogP contribution in [0.15, 0.2) is 17.0 Å². The smallest absolute Gasteiger partial charge is 0.298 e. The highest BCUT2D eigenvalue weighted by Crippen LogP contribution is 2.35. The van der Waals surface area contributed by atoms with E-state index in [4.69, 9.17) is 32.5 Å². The van der Waals surface area contributed by atoms with Gasteiger partial charge in [0.25, 0.3) is 10.1 Å². The van der Waals surface area contributed by atoms with Crippen LogP contribution in [0.5, 0.6) is 5.75 Å². The van der Waals surface area contributed by atoms with E-state index in [0.717, 1.165) is 6.07 Å². The summed E-state index contributed by atoms with van der Waals surface area (Å²) in [5.74, 6) is -0.0939. The van der Waals surface area contributed by atoms with Crippen molar-refractivity contribution >= 4 is 33.3 Å². The number of halogens is 2. The molecule has 0 bridgehead atoms. The van der Waals surface area contributed by atoms with Crippen molar-refractivity contribution in [2.75, 3.05) is 0 Å². The number of benzene rings is 1. The van der Waals surface area contributed by atoms with Crippen LogP contribution < -0.4 is 4.74 Å². The molecule has 0 amide bonds. The fraction of sp³-hybridized carbons (Fsp3) is 0.333. The molecule has 0 aliphatic carbocycles. The Kier molecular flexibility index (Phi) is 4.07. The first-order chi connectivity index (χ1) is 7.21. The van der Waals surface area contributed by atoms with Crippen molar-refractivity contribution in [3.8, 4) is 5.75 Å². The fourth-order valence-electron chi connectivity index (χ4n) is 1.08. The second-order valence-electron chi connectivity index (χ2n) is 3.36. The summed E-state index contributed by atoms with van der Waals surface area (Å²) in [4.78, 5) is -0.432. The van der Waals surface area contributed by atoms with Crippen LogP contribution in [-0.4, -0.2) is 19.1 Å². The van der Waals surface area contributed by atoms with Crippen LogP contribution in [0.3, 0.4) is 0 Å². The van der Waals surface area contributed by atoms with Gasteiger partial charge in [0.05, 0.1) is 11.1 Å². The average Bonchev–Trinajstić information content (AvgIpc) is 2.06. The molecule has 0 fully saturated rings. The van der Waals surface area contributed by atoms with Crippen molar-refractivity contribution < 1.29 is 17.7 Å². The third kappa shape index (κ3) is 3.25. The molecule has 0 heterocycles. The van der Waals surface area contributed by atoms with Gasteiger partial charge in [-0.3, -0.25) is 4.55 Å². The maximum atomic E-state index is 11.1. The van der Waals surface area contributed by atoms with Gasteiger partial charge in [0.1, 0.15) is 4.90 Å². The lowest BCUT2D eigenvalue weighted by atomic mass is 10.3. The third-order valence-corrected chi connectivity index (χ3v) is 2.96. The Bertz CT molecular complexity index is 496. The molecule has 7 heteroatoms. The highest BCUT2D eigenvalue weighted by molar-refractivity contribution is 7.86. The molecule has 0 atom stereocenters. The molecule has 4 nitrogen and oxygen atoms in total. The van der Waals surface area contributed by atoms with E-state index in [1.54, 1.807) is 13.8 Å². The minimum Gasteiger partial charge on any atom is -0.488 e. The van der Waals surface area contributed by atoms with Gasteiger partial charge in [0, 0.05) is 5.02 Å². The van der Waals surface area contributed by atoms with Gasteiger partial charge >= 0.3 is 0 Å². The van der Waals surface area contributed by atoms with Gasteiger partial charge in [0.2, 0.25) is 0 Å². The Balaban J connectivity index is 3.45. The van der Waals surface area contributed by atoms with E-state index in [1.807, 2.05) is 0 Å². The van der Waals surface area contributed by atoms with Crippen LogP contribution in [0.1, 0.15) is 13.8 Å². The molecule has 0 saturated carbocycles. The molecule has 16 heavy (non-hydrogen) atoms. The van der Waals surface area contributed by atoms with Crippen molar-refractivity contribution in [1.82, 2.24) is 0 Å². The van der Waals surface area contributed by atoms with Crippen molar-refractivity contribution in [2.24, 2.45) is 0 Å². The van der Waals surface area contributed by atoms with Crippen molar-refractivity contribution in [3.63, 3.8) is 0 Å². The first-order valence-electron chi connectivity index (χ1n) is 4.35. The van der Waals surface area contributed by atoms with Gasteiger partial charge in [-0.25, -0.2) is 0 Å². The normalized spacial score (nSPS) is 11.9. The topological polar surface area (TPSA) is 63.6 Å². The molecule has 1 rings (SSSR count). The number of hydrogen-bond acceptors (Lipinski definition) is 3. The summed E-state index contributed by atoms with van der Waals surface area (Å²) in [5, 5.41) is 0.141. The molecule has 1 N–H and O–H groups in total. The van der Waals surface area contributed by atoms with Gasteiger partial charge in [0.15, 0.2) is 5.75 Å². The second kappa shape index (κ2) is 4.79. The number of hydrogen-bond donors (Lipinski definition) is 1. The van der Waals surface area contributed by atoms with E-state index in [1.165, 1.54) is 6.07 Å². The SMILES string of the molecule is CC(C)Oc1c(Cl)cc(Cl)cc1S(=O)(=O)O. The largest absolute Gasteiger partial charge is 0.488 e. The quantitative estimate of drug-likeness (QED) is 0.867. The van der Waals surface area contributed by atoms with E-state index in [2.05, 4.69) is 0 Å². The predicted molar refractivity (Wildman–Crippen MR) is 62.0 cm³/mol. The molecule has 0 aliphatic heterocycles. The molecule has 0 spiro atoms. The monoisotopic (exact) mass is 284 g/mol. The van der Waals surface area contributed by atoms with E-state index >= 15 is 0 Å². The maximum absolute atomic E-state index is 11.1. The fourth-order valence-corrected chi connectivity index (χ4v) is 2.41. The average molecular weight is 285 g/mol. The van der Waals surface area contributed by atoms with Crippen LogP contribution >= 0.6 is 23.2 Å². The van der Waals surface area contributed by atoms with E-state index < -0.39 is 15.0 Å². The zero-order chi connectivity index (χ0) is 12.5. The Morgan fingerprint density at radius 2 is 1.88 bits per heavy atom. The van der Waals surface area contributed by atoms with Crippen LogP contribution in [0, 0.1) is 0 Å². The Morgan fingerprint density at radius 3 is 2.31 bits per heavy atom. The lowest BCUT2D eigenvalue weighted by Crippen LogP contribution is -2.10. The summed E-state index contributed by atoms with van der Waals surface area (Å²) in [6, 6.07) is 2.43. The molecule has 0 saturated heterocycles. The summed E-state index contributed by atoms with van der Waals surface area (Å²) in [5.41, 5.74) is 0. The van der Waals surface area contributed by atoms with Gasteiger partial charge in [-0.2, -0.15) is 8.42 Å². The summed E-state index contributed by atoms with van der Waals surface area (Å²) < 4.78 is 36.4. The van der Waals surface area contributed by atoms with Crippen molar-refractivity contribution in [2.45, 2.75) is 24.8 Å². The molecule has 0 radical (unpaired) electrons. The molecule has 0 unspecified atom stereocenters. The zero-order valence-electron chi connectivity index (χ0n) is 8.57. The molecule has 0 aliphatic rings. The third-order valence-electron chi connectivity index (χ3n) is 1.61. The predicted octanol–water partition coefficient (Wildman–Crippen LogP) is 3.03. The van der Waals surface area contributed by atoms with Crippen molar-refractivity contribution in [3.05, 3.63) is 22.2 Å². The first-order valence-corrected chi connectivity index (χ1v) is 6.54. The Morgan fingerprint density at radius 1 is 1.31 bits per heavy atom. The number of ether oxygens (including phenoxy) is 1.